The fourth-order valence-electron chi connectivity index (χ4n) is 1.29. The van der Waals surface area contributed by atoms with Gasteiger partial charge in [-0.25, -0.2) is 0 Å². The van der Waals surface area contributed by atoms with Crippen LogP contribution in [-0.2, 0) is 14.3 Å². The summed E-state index contributed by atoms with van der Waals surface area (Å²) in [5.41, 5.74) is 0.544. The molecular formula is C10H13NO3. The first-order chi connectivity index (χ1) is 6.65. The summed E-state index contributed by atoms with van der Waals surface area (Å²) in [6, 6.07) is 0. The molecule has 1 aliphatic heterocycles. The van der Waals surface area contributed by atoms with E-state index in [9.17, 15) is 9.59 Å². The maximum absolute atomic E-state index is 11.3. The number of hydrogen-bond acceptors (Lipinski definition) is 3. The monoisotopic (exact) mass is 195 g/mol. The molecule has 0 N–H and O–H groups in total. The van der Waals surface area contributed by atoms with Crippen molar-refractivity contribution in [3.05, 3.63) is 24.6 Å². The second-order valence-corrected chi connectivity index (χ2v) is 3.01. The van der Waals surface area contributed by atoms with Gasteiger partial charge in [-0.15, -0.1) is 0 Å². The first-order valence-corrected chi connectivity index (χ1v) is 4.45. The minimum atomic E-state index is -0.406. The lowest BCUT2D eigenvalue weighted by Gasteiger charge is -2.15. The number of carbonyl (C=O) groups is 2. The van der Waals surface area contributed by atoms with E-state index in [2.05, 4.69) is 11.3 Å². The summed E-state index contributed by atoms with van der Waals surface area (Å²) in [7, 11) is 0. The zero-order chi connectivity index (χ0) is 10.6. The molecule has 1 saturated heterocycles. The molecule has 1 heterocycles. The molecule has 1 amide bonds. The Kier molecular flexibility index (Phi) is 3.45. The van der Waals surface area contributed by atoms with E-state index < -0.39 is 5.97 Å². The third-order valence-corrected chi connectivity index (χ3v) is 1.94. The van der Waals surface area contributed by atoms with Crippen molar-refractivity contribution < 1.29 is 14.3 Å². The SMILES string of the molecule is C=CC(=COC(C)=O)N1CCCC1=O. The Balaban J connectivity index is 2.70. The highest BCUT2D eigenvalue weighted by Gasteiger charge is 2.22. The number of esters is 1. The Hall–Kier alpha value is -1.58. The fraction of sp³-hybridized carbons (Fsp3) is 0.400. The van der Waals surface area contributed by atoms with E-state index in [1.807, 2.05) is 0 Å². The predicted molar refractivity (Wildman–Crippen MR) is 51.0 cm³/mol. The van der Waals surface area contributed by atoms with Gasteiger partial charge in [-0.2, -0.15) is 0 Å². The largest absolute Gasteiger partial charge is 0.432 e. The van der Waals surface area contributed by atoms with Gasteiger partial charge in [-0.05, 0) is 12.5 Å². The van der Waals surface area contributed by atoms with Gasteiger partial charge in [0.2, 0.25) is 5.91 Å². The molecule has 0 radical (unpaired) electrons. The molecule has 1 aliphatic rings. The third-order valence-electron chi connectivity index (χ3n) is 1.94. The highest BCUT2D eigenvalue weighted by atomic mass is 16.5. The van der Waals surface area contributed by atoms with Crippen LogP contribution in [0.5, 0.6) is 0 Å². The number of hydrogen-bond donors (Lipinski definition) is 0. The van der Waals surface area contributed by atoms with Gasteiger partial charge in [0.25, 0.3) is 0 Å². The van der Waals surface area contributed by atoms with Gasteiger partial charge < -0.3 is 9.64 Å². The Bertz CT molecular complexity index is 294. The summed E-state index contributed by atoms with van der Waals surface area (Å²) < 4.78 is 4.69. The quantitative estimate of drug-likeness (QED) is 0.386. The number of carbonyl (C=O) groups excluding carboxylic acids is 2. The molecule has 0 aromatic carbocycles. The molecule has 0 saturated carbocycles. The summed E-state index contributed by atoms with van der Waals surface area (Å²) in [5.74, 6) is -0.362. The van der Waals surface area contributed by atoms with Crippen LogP contribution < -0.4 is 0 Å². The van der Waals surface area contributed by atoms with Crippen LogP contribution >= 0.6 is 0 Å². The van der Waals surface area contributed by atoms with Crippen LogP contribution in [-0.4, -0.2) is 23.3 Å². The molecule has 0 aromatic heterocycles. The second-order valence-electron chi connectivity index (χ2n) is 3.01. The summed E-state index contributed by atoms with van der Waals surface area (Å²) in [5, 5.41) is 0. The normalized spacial score (nSPS) is 17.1. The van der Waals surface area contributed by atoms with Crippen molar-refractivity contribution in [3.63, 3.8) is 0 Å². The number of rotatable bonds is 3. The molecule has 76 valence electrons. The molecule has 14 heavy (non-hydrogen) atoms. The Morgan fingerprint density at radius 2 is 2.36 bits per heavy atom. The van der Waals surface area contributed by atoms with Crippen molar-refractivity contribution in [1.82, 2.24) is 4.90 Å². The van der Waals surface area contributed by atoms with E-state index in [1.54, 1.807) is 4.90 Å². The van der Waals surface area contributed by atoms with E-state index in [-0.39, 0.29) is 5.91 Å². The second kappa shape index (κ2) is 4.60. The lowest BCUT2D eigenvalue weighted by molar-refractivity contribution is -0.136. The summed E-state index contributed by atoms with van der Waals surface area (Å²) in [4.78, 5) is 23.4. The Morgan fingerprint density at radius 1 is 1.64 bits per heavy atom. The van der Waals surface area contributed by atoms with Crippen LogP contribution in [0.2, 0.25) is 0 Å². The van der Waals surface area contributed by atoms with Gasteiger partial charge in [0.15, 0.2) is 0 Å². The van der Waals surface area contributed by atoms with Gasteiger partial charge in [-0.3, -0.25) is 9.59 Å². The minimum absolute atomic E-state index is 0.0447. The average molecular weight is 195 g/mol. The maximum Gasteiger partial charge on any atom is 0.307 e. The topological polar surface area (TPSA) is 46.6 Å². The van der Waals surface area contributed by atoms with Crippen LogP contribution in [0.1, 0.15) is 19.8 Å². The van der Waals surface area contributed by atoms with Gasteiger partial charge in [0.05, 0.1) is 5.70 Å². The lowest BCUT2D eigenvalue weighted by Crippen LogP contribution is -2.23. The summed E-state index contributed by atoms with van der Waals surface area (Å²) >= 11 is 0. The van der Waals surface area contributed by atoms with Gasteiger partial charge >= 0.3 is 5.97 Å². The van der Waals surface area contributed by atoms with Crippen LogP contribution in [0.15, 0.2) is 24.6 Å². The number of likely N-dealkylation sites (tertiary alicyclic amines) is 1. The molecule has 1 fully saturated rings. The zero-order valence-electron chi connectivity index (χ0n) is 8.16. The smallest absolute Gasteiger partial charge is 0.307 e. The van der Waals surface area contributed by atoms with E-state index in [4.69, 9.17) is 0 Å². The van der Waals surface area contributed by atoms with Gasteiger partial charge in [0.1, 0.15) is 6.26 Å². The van der Waals surface area contributed by atoms with Crippen molar-refractivity contribution in [2.75, 3.05) is 6.54 Å². The van der Waals surface area contributed by atoms with Crippen LogP contribution in [0.25, 0.3) is 0 Å². The molecular weight excluding hydrogens is 182 g/mol. The van der Waals surface area contributed by atoms with Crippen LogP contribution in [0.4, 0.5) is 0 Å². The molecule has 0 aliphatic carbocycles. The summed E-state index contributed by atoms with van der Waals surface area (Å²) in [6.07, 6.45) is 4.15. The Morgan fingerprint density at radius 3 is 2.79 bits per heavy atom. The number of allylic oxidation sites excluding steroid dienone is 1. The first kappa shape index (κ1) is 10.5. The van der Waals surface area contributed by atoms with Crippen molar-refractivity contribution >= 4 is 11.9 Å². The van der Waals surface area contributed by atoms with Crippen molar-refractivity contribution in [2.45, 2.75) is 19.8 Å². The predicted octanol–water partition coefficient (Wildman–Crippen LogP) is 1.20. The molecule has 4 nitrogen and oxygen atoms in total. The molecule has 0 spiro atoms. The highest BCUT2D eigenvalue weighted by Crippen LogP contribution is 2.16. The molecule has 0 bridgehead atoms. The molecule has 0 atom stereocenters. The van der Waals surface area contributed by atoms with Crippen molar-refractivity contribution in [1.29, 1.82) is 0 Å². The van der Waals surface area contributed by atoms with Gasteiger partial charge in [-0.1, -0.05) is 6.58 Å². The van der Waals surface area contributed by atoms with Crippen molar-refractivity contribution in [3.8, 4) is 0 Å². The first-order valence-electron chi connectivity index (χ1n) is 4.45. The lowest BCUT2D eigenvalue weighted by atomic mass is 10.4. The minimum Gasteiger partial charge on any atom is -0.432 e. The fourth-order valence-corrected chi connectivity index (χ4v) is 1.29. The van der Waals surface area contributed by atoms with E-state index in [0.717, 1.165) is 6.42 Å². The number of ether oxygens (including phenoxy) is 1. The van der Waals surface area contributed by atoms with Crippen LogP contribution in [0.3, 0.4) is 0 Å². The standard InChI is InChI=1S/C10H13NO3/c1-3-9(7-14-8(2)12)11-6-4-5-10(11)13/h3,7H,1,4-6H2,2H3. The van der Waals surface area contributed by atoms with Crippen molar-refractivity contribution in [2.24, 2.45) is 0 Å². The highest BCUT2D eigenvalue weighted by molar-refractivity contribution is 5.80. The average Bonchev–Trinajstić information content (AvgIpc) is 2.53. The van der Waals surface area contributed by atoms with Crippen LogP contribution in [0, 0.1) is 0 Å². The zero-order valence-corrected chi connectivity index (χ0v) is 8.16. The molecule has 1 rings (SSSR count). The maximum atomic E-state index is 11.3. The summed E-state index contributed by atoms with van der Waals surface area (Å²) in [6.45, 7) is 5.54. The number of nitrogens with zero attached hydrogens (tertiary/aromatic N) is 1. The van der Waals surface area contributed by atoms with E-state index in [1.165, 1.54) is 19.3 Å². The Labute approximate surface area is 82.8 Å². The number of amides is 1. The molecule has 0 aromatic rings. The molecule has 0 unspecified atom stereocenters. The third kappa shape index (κ3) is 2.45. The molecule has 4 heteroatoms. The van der Waals surface area contributed by atoms with E-state index in [0.29, 0.717) is 18.7 Å². The van der Waals surface area contributed by atoms with E-state index >= 15 is 0 Å². The van der Waals surface area contributed by atoms with Gasteiger partial charge in [0, 0.05) is 19.9 Å².